The van der Waals surface area contributed by atoms with Crippen molar-refractivity contribution in [2.75, 3.05) is 11.3 Å². The quantitative estimate of drug-likeness (QED) is 0.864. The molecule has 2 N–H and O–H groups in total. The summed E-state index contributed by atoms with van der Waals surface area (Å²) in [5.74, 6) is 0. The summed E-state index contributed by atoms with van der Waals surface area (Å²) in [7, 11) is -4.28. The van der Waals surface area contributed by atoms with Crippen molar-refractivity contribution < 1.29 is 21.6 Å². The Labute approximate surface area is 108 Å². The first kappa shape index (κ1) is 15.3. The number of hydrogen-bond donors (Lipinski definition) is 2. The second-order valence-corrected chi connectivity index (χ2v) is 5.07. The van der Waals surface area contributed by atoms with Crippen molar-refractivity contribution in [1.82, 2.24) is 4.72 Å². The summed E-state index contributed by atoms with van der Waals surface area (Å²) in [5.41, 5.74) is 0.782. The zero-order chi connectivity index (χ0) is 14.5. The fraction of sp³-hybridized carbons (Fsp3) is 0.300. The van der Waals surface area contributed by atoms with Crippen molar-refractivity contribution >= 4 is 15.9 Å². The molecular weight excluding hydrogens is 283 g/mol. The Morgan fingerprint density at radius 3 is 2.26 bits per heavy atom. The Kier molecular flexibility index (Phi) is 4.74. The average Bonchev–Trinajstić information content (AvgIpc) is 2.29. The average molecular weight is 293 g/mol. The Morgan fingerprint density at radius 1 is 1.21 bits per heavy atom. The number of nitrogens with one attached hydrogen (secondary N) is 2. The predicted octanol–water partition coefficient (Wildman–Crippen LogP) is 1.56. The summed E-state index contributed by atoms with van der Waals surface area (Å²) in [6.45, 7) is -1.64. The van der Waals surface area contributed by atoms with Crippen LogP contribution in [-0.4, -0.2) is 21.1 Å². The van der Waals surface area contributed by atoms with Gasteiger partial charge in [-0.15, -0.1) is 0 Å². The van der Waals surface area contributed by atoms with Crippen LogP contribution in [-0.2, 0) is 16.6 Å². The van der Waals surface area contributed by atoms with Crippen LogP contribution in [0.1, 0.15) is 5.56 Å². The lowest BCUT2D eigenvalue weighted by Crippen LogP contribution is -2.37. The van der Waals surface area contributed by atoms with Gasteiger partial charge in [-0.3, -0.25) is 4.72 Å². The molecule has 1 aromatic carbocycles. The van der Waals surface area contributed by atoms with Crippen molar-refractivity contribution in [2.24, 2.45) is 0 Å². The van der Waals surface area contributed by atoms with Crippen LogP contribution in [0.4, 0.5) is 18.9 Å². The van der Waals surface area contributed by atoms with Gasteiger partial charge in [0.15, 0.2) is 0 Å². The minimum atomic E-state index is -4.62. The van der Waals surface area contributed by atoms with E-state index in [0.717, 1.165) is 0 Å². The van der Waals surface area contributed by atoms with Gasteiger partial charge in [0.05, 0.1) is 12.5 Å². The lowest BCUT2D eigenvalue weighted by molar-refractivity contribution is -0.121. The molecule has 1 aromatic rings. The maximum Gasteiger partial charge on any atom is 0.402 e. The van der Waals surface area contributed by atoms with E-state index in [4.69, 9.17) is 5.26 Å². The number of alkyl halides is 3. The first-order valence-corrected chi connectivity index (χ1v) is 6.50. The largest absolute Gasteiger partial charge is 0.402 e. The van der Waals surface area contributed by atoms with Gasteiger partial charge in [0.1, 0.15) is 6.54 Å². The number of rotatable bonds is 5. The molecule has 19 heavy (non-hydrogen) atoms. The van der Waals surface area contributed by atoms with Gasteiger partial charge < -0.3 is 0 Å². The molecule has 0 heterocycles. The molecule has 0 radical (unpaired) electrons. The van der Waals surface area contributed by atoms with Crippen LogP contribution < -0.4 is 9.44 Å². The van der Waals surface area contributed by atoms with Crippen molar-refractivity contribution in [2.45, 2.75) is 12.6 Å². The molecule has 0 unspecified atom stereocenters. The van der Waals surface area contributed by atoms with Crippen LogP contribution in [0.2, 0.25) is 0 Å². The van der Waals surface area contributed by atoms with Gasteiger partial charge >= 0.3 is 6.18 Å². The number of anilines is 1. The SMILES string of the molecule is N#CCc1ccc(NS(=O)(=O)NCC(F)(F)F)cc1. The standard InChI is InChI=1S/C10H10F3N3O2S/c11-10(12,13)7-15-19(17,18)16-9-3-1-8(2-4-9)5-6-14/h1-4,15-16H,5,7H2. The Morgan fingerprint density at radius 2 is 1.79 bits per heavy atom. The van der Waals surface area contributed by atoms with Gasteiger partial charge in [-0.2, -0.15) is 31.6 Å². The number of halogens is 3. The molecule has 0 bridgehead atoms. The summed E-state index contributed by atoms with van der Waals surface area (Å²) < 4.78 is 61.5. The Hall–Kier alpha value is -1.79. The summed E-state index contributed by atoms with van der Waals surface area (Å²) >= 11 is 0. The Bertz CT molecular complexity index is 561. The molecule has 0 aromatic heterocycles. The highest BCUT2D eigenvalue weighted by Gasteiger charge is 2.29. The summed E-state index contributed by atoms with van der Waals surface area (Å²) in [4.78, 5) is 0. The molecule has 0 aliphatic rings. The molecule has 0 fully saturated rings. The van der Waals surface area contributed by atoms with Crippen LogP contribution in [0.15, 0.2) is 24.3 Å². The molecule has 0 spiro atoms. The van der Waals surface area contributed by atoms with Crippen LogP contribution >= 0.6 is 0 Å². The molecule has 1 rings (SSSR count). The number of benzene rings is 1. The van der Waals surface area contributed by atoms with E-state index in [2.05, 4.69) is 0 Å². The van der Waals surface area contributed by atoms with E-state index in [-0.39, 0.29) is 12.1 Å². The van der Waals surface area contributed by atoms with Gasteiger partial charge in [0.2, 0.25) is 0 Å². The van der Waals surface area contributed by atoms with Gasteiger partial charge in [0.25, 0.3) is 10.2 Å². The number of nitriles is 1. The molecular formula is C10H10F3N3O2S. The Balaban J connectivity index is 2.65. The lowest BCUT2D eigenvalue weighted by atomic mass is 10.1. The fourth-order valence-electron chi connectivity index (χ4n) is 1.15. The van der Waals surface area contributed by atoms with Gasteiger partial charge in [0, 0.05) is 5.69 Å². The molecule has 0 saturated carbocycles. The van der Waals surface area contributed by atoms with Crippen molar-refractivity contribution in [3.63, 3.8) is 0 Å². The van der Waals surface area contributed by atoms with Crippen molar-refractivity contribution in [1.29, 1.82) is 5.26 Å². The third kappa shape index (κ3) is 6.08. The topological polar surface area (TPSA) is 82.0 Å². The monoisotopic (exact) mass is 293 g/mol. The molecule has 0 saturated heterocycles. The molecule has 0 amide bonds. The lowest BCUT2D eigenvalue weighted by Gasteiger charge is -2.11. The molecule has 104 valence electrons. The van der Waals surface area contributed by atoms with E-state index in [9.17, 15) is 21.6 Å². The molecule has 5 nitrogen and oxygen atoms in total. The van der Waals surface area contributed by atoms with E-state index in [0.29, 0.717) is 5.56 Å². The third-order valence-corrected chi connectivity index (χ3v) is 2.98. The highest BCUT2D eigenvalue weighted by Crippen LogP contribution is 2.14. The van der Waals surface area contributed by atoms with Crippen LogP contribution in [0.3, 0.4) is 0 Å². The normalized spacial score (nSPS) is 11.9. The van der Waals surface area contributed by atoms with Crippen LogP contribution in [0, 0.1) is 11.3 Å². The fourth-order valence-corrected chi connectivity index (χ4v) is 2.02. The molecule has 0 atom stereocenters. The van der Waals surface area contributed by atoms with Gasteiger partial charge in [-0.1, -0.05) is 12.1 Å². The predicted molar refractivity (Wildman–Crippen MR) is 62.4 cm³/mol. The van der Waals surface area contributed by atoms with Crippen LogP contribution in [0.5, 0.6) is 0 Å². The zero-order valence-electron chi connectivity index (χ0n) is 9.53. The maximum atomic E-state index is 11.9. The maximum absolute atomic E-state index is 11.9. The van der Waals surface area contributed by atoms with E-state index < -0.39 is 22.9 Å². The van der Waals surface area contributed by atoms with Crippen LogP contribution in [0.25, 0.3) is 0 Å². The van der Waals surface area contributed by atoms with Gasteiger partial charge in [-0.05, 0) is 17.7 Å². The minimum Gasteiger partial charge on any atom is -0.271 e. The zero-order valence-corrected chi connectivity index (χ0v) is 10.3. The summed E-state index contributed by atoms with van der Waals surface area (Å²) in [6, 6.07) is 7.64. The number of hydrogen-bond acceptors (Lipinski definition) is 3. The van der Waals surface area contributed by atoms with Crippen molar-refractivity contribution in [3.8, 4) is 6.07 Å². The molecule has 9 heteroatoms. The van der Waals surface area contributed by atoms with Gasteiger partial charge in [-0.25, -0.2) is 0 Å². The molecule has 0 aliphatic carbocycles. The highest BCUT2D eigenvalue weighted by molar-refractivity contribution is 7.90. The first-order valence-electron chi connectivity index (χ1n) is 5.02. The minimum absolute atomic E-state index is 0.108. The second kappa shape index (κ2) is 5.90. The smallest absolute Gasteiger partial charge is 0.271 e. The molecule has 0 aliphatic heterocycles. The third-order valence-electron chi connectivity index (χ3n) is 1.95. The number of nitrogens with zero attached hydrogens (tertiary/aromatic N) is 1. The van der Waals surface area contributed by atoms with Crippen molar-refractivity contribution in [3.05, 3.63) is 29.8 Å². The van der Waals surface area contributed by atoms with E-state index in [1.807, 2.05) is 10.8 Å². The summed E-state index contributed by atoms with van der Waals surface area (Å²) in [5, 5.41) is 8.44. The first-order chi connectivity index (χ1) is 8.72. The van der Waals surface area contributed by atoms with E-state index in [1.165, 1.54) is 29.0 Å². The van der Waals surface area contributed by atoms with E-state index >= 15 is 0 Å². The highest BCUT2D eigenvalue weighted by atomic mass is 32.2. The van der Waals surface area contributed by atoms with E-state index in [1.54, 1.807) is 0 Å². The second-order valence-electron chi connectivity index (χ2n) is 3.57. The summed E-state index contributed by atoms with van der Waals surface area (Å²) in [6.07, 6.45) is -4.45.